The quantitative estimate of drug-likeness (QED) is 0.751. The average Bonchev–Trinajstić information content (AvgIpc) is 2.91. The first-order valence-electron chi connectivity index (χ1n) is 10.6. The molecular formula is C22H32N4O4S. The summed E-state index contributed by atoms with van der Waals surface area (Å²) in [5.74, 6) is 0.388. The lowest BCUT2D eigenvalue weighted by Gasteiger charge is -2.23. The topological polar surface area (TPSA) is 93.5 Å². The second-order valence-corrected chi connectivity index (χ2v) is 10.8. The molecule has 1 amide bonds. The molecule has 0 spiro atoms. The molecule has 170 valence electrons. The highest BCUT2D eigenvalue weighted by molar-refractivity contribution is 7.89. The minimum absolute atomic E-state index is 0.0186. The highest BCUT2D eigenvalue weighted by atomic mass is 32.2. The Morgan fingerprint density at radius 3 is 2.32 bits per heavy atom. The lowest BCUT2D eigenvalue weighted by Crippen LogP contribution is -2.32. The zero-order valence-corrected chi connectivity index (χ0v) is 19.8. The van der Waals surface area contributed by atoms with Gasteiger partial charge in [0.1, 0.15) is 16.5 Å². The fourth-order valence-corrected chi connectivity index (χ4v) is 5.43. The molecule has 1 aliphatic heterocycles. The van der Waals surface area contributed by atoms with Crippen LogP contribution in [0, 0.1) is 6.92 Å². The molecular weight excluding hydrogens is 416 g/mol. The Morgan fingerprint density at radius 2 is 1.74 bits per heavy atom. The first-order chi connectivity index (χ1) is 14.5. The van der Waals surface area contributed by atoms with Gasteiger partial charge >= 0.3 is 0 Å². The van der Waals surface area contributed by atoms with Crippen LogP contribution in [0.25, 0.3) is 0 Å². The van der Waals surface area contributed by atoms with Gasteiger partial charge in [0.25, 0.3) is 5.91 Å². The highest BCUT2D eigenvalue weighted by Crippen LogP contribution is 2.30. The van der Waals surface area contributed by atoms with Gasteiger partial charge in [0, 0.05) is 24.7 Å². The van der Waals surface area contributed by atoms with Crippen molar-refractivity contribution in [1.29, 1.82) is 0 Å². The van der Waals surface area contributed by atoms with Crippen molar-refractivity contribution < 1.29 is 17.9 Å². The number of methoxy groups -OCH3 is 1. The van der Waals surface area contributed by atoms with Gasteiger partial charge in [-0.2, -0.15) is 9.40 Å². The summed E-state index contributed by atoms with van der Waals surface area (Å²) in [6.07, 6.45) is 3.70. The van der Waals surface area contributed by atoms with Gasteiger partial charge in [-0.15, -0.1) is 0 Å². The summed E-state index contributed by atoms with van der Waals surface area (Å²) in [6.45, 7) is 8.80. The number of hydrogen-bond donors (Lipinski definition) is 1. The number of aryl methyl sites for hydroxylation is 1. The first kappa shape index (κ1) is 23.3. The van der Waals surface area contributed by atoms with Crippen LogP contribution in [0.3, 0.4) is 0 Å². The number of nitrogens with one attached hydrogen (secondary N) is 1. The molecule has 0 aliphatic carbocycles. The molecule has 1 fully saturated rings. The predicted molar refractivity (Wildman–Crippen MR) is 120 cm³/mol. The van der Waals surface area contributed by atoms with E-state index < -0.39 is 15.9 Å². The van der Waals surface area contributed by atoms with Gasteiger partial charge in [-0.1, -0.05) is 12.8 Å². The Labute approximate surface area is 184 Å². The number of nitrogens with zero attached hydrogens (tertiary/aromatic N) is 3. The molecule has 1 aromatic heterocycles. The van der Waals surface area contributed by atoms with Gasteiger partial charge in [-0.3, -0.25) is 4.79 Å². The number of benzene rings is 1. The van der Waals surface area contributed by atoms with Crippen LogP contribution < -0.4 is 10.1 Å². The van der Waals surface area contributed by atoms with Crippen LogP contribution in [0.5, 0.6) is 5.75 Å². The van der Waals surface area contributed by atoms with Crippen LogP contribution in [-0.2, 0) is 15.6 Å². The summed E-state index contributed by atoms with van der Waals surface area (Å²) in [5.41, 5.74) is 0.704. The summed E-state index contributed by atoms with van der Waals surface area (Å²) >= 11 is 0. The molecule has 0 saturated carbocycles. The second kappa shape index (κ2) is 9.00. The summed E-state index contributed by atoms with van der Waals surface area (Å²) in [5, 5.41) is 7.33. The molecule has 1 aliphatic rings. The fourth-order valence-electron chi connectivity index (χ4n) is 3.73. The molecule has 1 aromatic carbocycles. The van der Waals surface area contributed by atoms with Gasteiger partial charge in [0.15, 0.2) is 0 Å². The number of sulfonamides is 1. The Morgan fingerprint density at radius 1 is 1.10 bits per heavy atom. The van der Waals surface area contributed by atoms with Gasteiger partial charge in [-0.05, 0) is 58.7 Å². The van der Waals surface area contributed by atoms with Gasteiger partial charge < -0.3 is 10.1 Å². The average molecular weight is 449 g/mol. The maximum absolute atomic E-state index is 13.3. The van der Waals surface area contributed by atoms with Crippen molar-refractivity contribution in [3.05, 3.63) is 35.5 Å². The molecule has 1 N–H and O–H groups in total. The molecule has 3 rings (SSSR count). The SMILES string of the molecule is COc1ccc(C(=O)Nc2cc(C)nn2C(C)(C)C)cc1S(=O)(=O)N1CCCCCC1. The van der Waals surface area contributed by atoms with Crippen LogP contribution in [0.4, 0.5) is 5.82 Å². The molecule has 31 heavy (non-hydrogen) atoms. The second-order valence-electron chi connectivity index (χ2n) is 8.89. The molecule has 2 heterocycles. The van der Waals surface area contributed by atoms with Crippen LogP contribution >= 0.6 is 0 Å². The van der Waals surface area contributed by atoms with Crippen molar-refractivity contribution in [1.82, 2.24) is 14.1 Å². The Balaban J connectivity index is 1.94. The molecule has 2 aromatic rings. The third-order valence-corrected chi connectivity index (χ3v) is 7.24. The minimum atomic E-state index is -3.77. The van der Waals surface area contributed by atoms with E-state index in [4.69, 9.17) is 4.74 Å². The standard InChI is InChI=1S/C22H32N4O4S/c1-16-14-20(26(24-16)22(2,3)4)23-21(27)17-10-11-18(30-5)19(15-17)31(28,29)25-12-8-6-7-9-13-25/h10-11,14-15H,6-9,12-13H2,1-5H3,(H,23,27). The molecule has 0 atom stereocenters. The third kappa shape index (κ3) is 5.10. The van der Waals surface area contributed by atoms with Gasteiger partial charge in [0.2, 0.25) is 10.0 Å². The van der Waals surface area contributed by atoms with E-state index in [9.17, 15) is 13.2 Å². The lowest BCUT2D eigenvalue weighted by atomic mass is 10.1. The number of carbonyl (C=O) groups excluding carboxylic acids is 1. The number of aromatic nitrogens is 2. The number of rotatable bonds is 5. The number of anilines is 1. The van der Waals surface area contributed by atoms with E-state index in [0.717, 1.165) is 31.4 Å². The first-order valence-corrected chi connectivity index (χ1v) is 12.0. The van der Waals surface area contributed by atoms with E-state index >= 15 is 0 Å². The van der Waals surface area contributed by atoms with Gasteiger partial charge in [0.05, 0.1) is 18.3 Å². The van der Waals surface area contributed by atoms with Gasteiger partial charge in [-0.25, -0.2) is 13.1 Å². The highest BCUT2D eigenvalue weighted by Gasteiger charge is 2.29. The van der Waals surface area contributed by atoms with E-state index in [1.165, 1.54) is 23.5 Å². The summed E-state index contributed by atoms with van der Waals surface area (Å²) in [6, 6.07) is 6.30. The summed E-state index contributed by atoms with van der Waals surface area (Å²) < 4.78 is 35.3. The van der Waals surface area contributed by atoms with Crippen molar-refractivity contribution in [3.8, 4) is 5.75 Å². The summed E-state index contributed by atoms with van der Waals surface area (Å²) in [4.78, 5) is 13.0. The zero-order chi connectivity index (χ0) is 22.8. The van der Waals surface area contributed by atoms with Crippen LogP contribution in [0.2, 0.25) is 0 Å². The van der Waals surface area contributed by atoms with E-state index in [0.29, 0.717) is 18.9 Å². The van der Waals surface area contributed by atoms with Crippen LogP contribution in [0.15, 0.2) is 29.2 Å². The zero-order valence-electron chi connectivity index (χ0n) is 18.9. The number of amides is 1. The predicted octanol–water partition coefficient (Wildman–Crippen LogP) is 3.77. The van der Waals surface area contributed by atoms with Crippen molar-refractivity contribution in [2.45, 2.75) is 63.8 Å². The number of carbonyl (C=O) groups is 1. The Bertz CT molecular complexity index is 1050. The third-order valence-electron chi connectivity index (χ3n) is 5.32. The van der Waals surface area contributed by atoms with E-state index in [1.807, 2.05) is 27.7 Å². The molecule has 0 unspecified atom stereocenters. The van der Waals surface area contributed by atoms with Crippen LogP contribution in [0.1, 0.15) is 62.5 Å². The Kier molecular flexibility index (Phi) is 6.76. The smallest absolute Gasteiger partial charge is 0.256 e. The normalized spacial score (nSPS) is 16.0. The van der Waals surface area contributed by atoms with Crippen molar-refractivity contribution in [2.75, 3.05) is 25.5 Å². The molecule has 0 bridgehead atoms. The van der Waals surface area contributed by atoms with Crippen molar-refractivity contribution >= 4 is 21.7 Å². The number of ether oxygens (including phenoxy) is 1. The molecule has 9 heteroatoms. The van der Waals surface area contributed by atoms with Crippen LogP contribution in [-0.4, -0.2) is 48.6 Å². The summed E-state index contributed by atoms with van der Waals surface area (Å²) in [7, 11) is -2.34. The van der Waals surface area contributed by atoms with E-state index in [-0.39, 0.29) is 21.7 Å². The number of hydrogen-bond acceptors (Lipinski definition) is 5. The largest absolute Gasteiger partial charge is 0.495 e. The maximum Gasteiger partial charge on any atom is 0.256 e. The minimum Gasteiger partial charge on any atom is -0.495 e. The molecule has 8 nitrogen and oxygen atoms in total. The van der Waals surface area contributed by atoms with E-state index in [1.54, 1.807) is 16.8 Å². The molecule has 1 saturated heterocycles. The monoisotopic (exact) mass is 448 g/mol. The van der Waals surface area contributed by atoms with E-state index in [2.05, 4.69) is 10.4 Å². The lowest BCUT2D eigenvalue weighted by molar-refractivity contribution is 0.102. The van der Waals surface area contributed by atoms with Crippen molar-refractivity contribution in [3.63, 3.8) is 0 Å². The maximum atomic E-state index is 13.3. The Hall–Kier alpha value is -2.39. The molecule has 0 radical (unpaired) electrons. The van der Waals surface area contributed by atoms with Crippen molar-refractivity contribution in [2.24, 2.45) is 0 Å². The fraction of sp³-hybridized carbons (Fsp3) is 0.545.